The first kappa shape index (κ1) is 15.7. The molecule has 0 amide bonds. The summed E-state index contributed by atoms with van der Waals surface area (Å²) in [6.45, 7) is 8.83. The summed E-state index contributed by atoms with van der Waals surface area (Å²) < 4.78 is 0. The second-order valence-electron chi connectivity index (χ2n) is 5.39. The Morgan fingerprint density at radius 3 is 2.52 bits per heavy atom. The number of hydrogen-bond donors (Lipinski definition) is 2. The maximum absolute atomic E-state index is 5.58. The number of hydrazine groups is 1. The van der Waals surface area contributed by atoms with Crippen molar-refractivity contribution in [2.45, 2.75) is 40.2 Å². The largest absolute Gasteiger partial charge is 0.353 e. The Hall–Kier alpha value is -1.73. The fourth-order valence-electron chi connectivity index (χ4n) is 2.09. The van der Waals surface area contributed by atoms with Gasteiger partial charge >= 0.3 is 0 Å². The molecule has 114 valence electrons. The van der Waals surface area contributed by atoms with E-state index in [2.05, 4.69) is 44.5 Å². The van der Waals surface area contributed by atoms with Crippen LogP contribution in [0, 0.1) is 13.8 Å². The van der Waals surface area contributed by atoms with Crippen LogP contribution in [-0.4, -0.2) is 22.0 Å². The lowest BCUT2D eigenvalue weighted by Crippen LogP contribution is -2.22. The van der Waals surface area contributed by atoms with Gasteiger partial charge in [0.25, 0.3) is 0 Å². The number of thiazole rings is 1. The molecule has 0 unspecified atom stereocenters. The molecule has 0 atom stereocenters. The quantitative estimate of drug-likeness (QED) is 0.653. The average Bonchev–Trinajstić information content (AvgIpc) is 2.83. The molecule has 2 aromatic rings. The number of aryl methyl sites for hydroxylation is 1. The maximum atomic E-state index is 5.58. The van der Waals surface area contributed by atoms with Crippen molar-refractivity contribution in [2.24, 2.45) is 5.84 Å². The van der Waals surface area contributed by atoms with E-state index in [1.54, 1.807) is 11.3 Å². The molecule has 0 fully saturated rings. The first-order valence-electron chi connectivity index (χ1n) is 6.89. The Labute approximate surface area is 129 Å². The smallest absolute Gasteiger partial charge is 0.148 e. The molecule has 7 heteroatoms. The lowest BCUT2D eigenvalue weighted by molar-refractivity contribution is 0.757. The van der Waals surface area contributed by atoms with Crippen molar-refractivity contribution >= 4 is 23.0 Å². The van der Waals surface area contributed by atoms with E-state index in [9.17, 15) is 0 Å². The van der Waals surface area contributed by atoms with Crippen LogP contribution in [-0.2, 0) is 6.54 Å². The van der Waals surface area contributed by atoms with E-state index >= 15 is 0 Å². The van der Waals surface area contributed by atoms with E-state index in [-0.39, 0.29) is 5.92 Å². The highest BCUT2D eigenvalue weighted by atomic mass is 32.1. The Morgan fingerprint density at radius 2 is 2.00 bits per heavy atom. The summed E-state index contributed by atoms with van der Waals surface area (Å²) in [5, 5.41) is 3.15. The summed E-state index contributed by atoms with van der Waals surface area (Å²) in [5.41, 5.74) is 4.65. The number of aromatic nitrogens is 3. The van der Waals surface area contributed by atoms with Gasteiger partial charge in [0.15, 0.2) is 0 Å². The zero-order valence-electron chi connectivity index (χ0n) is 13.1. The third-order valence-electron chi connectivity index (χ3n) is 3.22. The lowest BCUT2D eigenvalue weighted by Gasteiger charge is -2.22. The Kier molecular flexibility index (Phi) is 4.74. The van der Waals surface area contributed by atoms with Crippen molar-refractivity contribution in [1.29, 1.82) is 0 Å². The van der Waals surface area contributed by atoms with Crippen molar-refractivity contribution < 1.29 is 0 Å². The zero-order valence-corrected chi connectivity index (χ0v) is 14.0. The van der Waals surface area contributed by atoms with Crippen LogP contribution in [0.3, 0.4) is 0 Å². The standard InChI is InChI=1S/C14H22N6S/c1-8(2)12-17-13(19-15)9(3)14(18-12)20(5)6-11-7-21-10(4)16-11/h7-8H,6,15H2,1-5H3,(H,17,18,19). The highest BCUT2D eigenvalue weighted by molar-refractivity contribution is 7.09. The van der Waals surface area contributed by atoms with Gasteiger partial charge in [-0.15, -0.1) is 11.3 Å². The van der Waals surface area contributed by atoms with E-state index < -0.39 is 0 Å². The predicted molar refractivity (Wildman–Crippen MR) is 87.6 cm³/mol. The second kappa shape index (κ2) is 6.36. The highest BCUT2D eigenvalue weighted by Gasteiger charge is 2.16. The van der Waals surface area contributed by atoms with Crippen molar-refractivity contribution in [1.82, 2.24) is 15.0 Å². The van der Waals surface area contributed by atoms with E-state index in [0.29, 0.717) is 12.4 Å². The molecule has 0 radical (unpaired) electrons. The van der Waals surface area contributed by atoms with E-state index in [1.807, 2.05) is 20.9 Å². The molecular formula is C14H22N6S. The summed E-state index contributed by atoms with van der Waals surface area (Å²) in [6.07, 6.45) is 0. The van der Waals surface area contributed by atoms with Crippen LogP contribution >= 0.6 is 11.3 Å². The van der Waals surface area contributed by atoms with Crippen molar-refractivity contribution in [3.63, 3.8) is 0 Å². The molecular weight excluding hydrogens is 284 g/mol. The second-order valence-corrected chi connectivity index (χ2v) is 6.45. The van der Waals surface area contributed by atoms with Crippen molar-refractivity contribution in [3.05, 3.63) is 27.5 Å². The maximum Gasteiger partial charge on any atom is 0.148 e. The van der Waals surface area contributed by atoms with Crippen LogP contribution in [0.1, 0.15) is 41.9 Å². The van der Waals surface area contributed by atoms with Crippen molar-refractivity contribution in [3.8, 4) is 0 Å². The number of rotatable bonds is 5. The van der Waals surface area contributed by atoms with Crippen LogP contribution in [0.2, 0.25) is 0 Å². The third-order valence-corrected chi connectivity index (χ3v) is 4.04. The van der Waals surface area contributed by atoms with Crippen LogP contribution in [0.4, 0.5) is 11.6 Å². The van der Waals surface area contributed by atoms with Gasteiger partial charge < -0.3 is 10.3 Å². The number of hydrogen-bond acceptors (Lipinski definition) is 7. The Bertz CT molecular complexity index is 622. The van der Waals surface area contributed by atoms with Gasteiger partial charge in [0, 0.05) is 23.9 Å². The molecule has 0 bridgehead atoms. The number of anilines is 2. The third kappa shape index (κ3) is 3.48. The predicted octanol–water partition coefficient (Wildman–Crippen LogP) is 2.60. The first-order chi connectivity index (χ1) is 9.92. The summed E-state index contributed by atoms with van der Waals surface area (Å²) in [5.74, 6) is 8.15. The van der Waals surface area contributed by atoms with Crippen LogP contribution < -0.4 is 16.2 Å². The molecule has 2 aromatic heterocycles. The van der Waals surface area contributed by atoms with E-state index in [4.69, 9.17) is 5.84 Å². The van der Waals surface area contributed by atoms with Gasteiger partial charge in [-0.2, -0.15) is 0 Å². The van der Waals surface area contributed by atoms with Gasteiger partial charge in [-0.1, -0.05) is 13.8 Å². The normalized spacial score (nSPS) is 11.0. The molecule has 0 saturated carbocycles. The van der Waals surface area contributed by atoms with Crippen LogP contribution in [0.5, 0.6) is 0 Å². The number of nitrogens with two attached hydrogens (primary N) is 1. The number of nitrogen functional groups attached to an aromatic ring is 1. The first-order valence-corrected chi connectivity index (χ1v) is 7.77. The molecule has 0 saturated heterocycles. The molecule has 6 nitrogen and oxygen atoms in total. The van der Waals surface area contributed by atoms with E-state index in [0.717, 1.165) is 27.9 Å². The van der Waals surface area contributed by atoms with Crippen LogP contribution in [0.25, 0.3) is 0 Å². The SMILES string of the molecule is Cc1nc(CN(C)c2nc(C(C)C)nc(NN)c2C)cs1. The average molecular weight is 306 g/mol. The van der Waals surface area contributed by atoms with Gasteiger partial charge in [-0.05, 0) is 13.8 Å². The monoisotopic (exact) mass is 306 g/mol. The fourth-order valence-corrected chi connectivity index (χ4v) is 2.69. The van der Waals surface area contributed by atoms with Crippen LogP contribution in [0.15, 0.2) is 5.38 Å². The molecule has 0 aliphatic carbocycles. The minimum atomic E-state index is 0.242. The number of nitrogens with one attached hydrogen (secondary N) is 1. The lowest BCUT2D eigenvalue weighted by atomic mass is 10.2. The summed E-state index contributed by atoms with van der Waals surface area (Å²) in [4.78, 5) is 15.7. The highest BCUT2D eigenvalue weighted by Crippen LogP contribution is 2.26. The fraction of sp³-hybridized carbons (Fsp3) is 0.500. The number of nitrogens with zero attached hydrogens (tertiary/aromatic N) is 4. The molecule has 21 heavy (non-hydrogen) atoms. The molecule has 3 N–H and O–H groups in total. The summed E-state index contributed by atoms with van der Waals surface area (Å²) in [7, 11) is 2.01. The van der Waals surface area contributed by atoms with Gasteiger partial charge in [0.05, 0.1) is 17.2 Å². The van der Waals surface area contributed by atoms with Crippen molar-refractivity contribution in [2.75, 3.05) is 17.4 Å². The summed E-state index contributed by atoms with van der Waals surface area (Å²) >= 11 is 1.66. The topological polar surface area (TPSA) is 80.0 Å². The van der Waals surface area contributed by atoms with Gasteiger partial charge in [-0.25, -0.2) is 20.8 Å². The summed E-state index contributed by atoms with van der Waals surface area (Å²) in [6, 6.07) is 0. The minimum absolute atomic E-state index is 0.242. The molecule has 2 rings (SSSR count). The molecule has 0 aliphatic heterocycles. The molecule has 2 heterocycles. The van der Waals surface area contributed by atoms with E-state index in [1.165, 1.54) is 0 Å². The van der Waals surface area contributed by atoms with Gasteiger partial charge in [0.1, 0.15) is 17.5 Å². The Morgan fingerprint density at radius 1 is 1.29 bits per heavy atom. The molecule has 0 spiro atoms. The Balaban J connectivity index is 2.34. The minimum Gasteiger partial charge on any atom is -0.353 e. The van der Waals surface area contributed by atoms with Gasteiger partial charge in [0.2, 0.25) is 0 Å². The molecule has 0 aromatic carbocycles. The van der Waals surface area contributed by atoms with Gasteiger partial charge in [-0.3, -0.25) is 0 Å². The molecule has 0 aliphatic rings. The zero-order chi connectivity index (χ0) is 15.6.